The van der Waals surface area contributed by atoms with Crippen LogP contribution < -0.4 is 15.2 Å². The zero-order valence-corrected chi connectivity index (χ0v) is 23.3. The highest BCUT2D eigenvalue weighted by Crippen LogP contribution is 2.29. The standard InChI is InChI=1S/C24H32N6O5S.ClH/c1-14-8-7-9-15(2)21(14)17-10-19(35-13-16(25)12-24(3,4)5)27-23(26-17)29-36(33,34)20-11-18(22(31)32)28-30(20)6;/h7-11,16H,12-13,25H2,1-6H3,(H,31,32)(H,26,27,29);1H/t16-;/m1./s1. The third kappa shape index (κ3) is 7.63. The van der Waals surface area contributed by atoms with Gasteiger partial charge in [-0.1, -0.05) is 39.0 Å². The molecule has 0 saturated heterocycles. The van der Waals surface area contributed by atoms with Crippen LogP contribution in [0, 0.1) is 19.3 Å². The van der Waals surface area contributed by atoms with Crippen LogP contribution in [0.4, 0.5) is 5.95 Å². The topological polar surface area (TPSA) is 162 Å². The van der Waals surface area contributed by atoms with Crippen LogP contribution in [0.2, 0.25) is 0 Å². The summed E-state index contributed by atoms with van der Waals surface area (Å²) in [6.45, 7) is 10.3. The van der Waals surface area contributed by atoms with E-state index in [0.717, 1.165) is 27.4 Å². The third-order valence-electron chi connectivity index (χ3n) is 5.32. The number of nitrogens with two attached hydrogens (primary N) is 1. The van der Waals surface area contributed by atoms with Gasteiger partial charge in [-0.25, -0.2) is 14.5 Å². The van der Waals surface area contributed by atoms with Crippen LogP contribution in [0.3, 0.4) is 0 Å². The lowest BCUT2D eigenvalue weighted by atomic mass is 9.89. The van der Waals surface area contributed by atoms with E-state index in [0.29, 0.717) is 12.1 Å². The van der Waals surface area contributed by atoms with Crippen molar-refractivity contribution in [1.82, 2.24) is 19.7 Å². The molecule has 0 amide bonds. The van der Waals surface area contributed by atoms with E-state index in [1.54, 1.807) is 6.07 Å². The number of carboxylic acid groups (broad SMARTS) is 1. The molecule has 3 aromatic rings. The summed E-state index contributed by atoms with van der Waals surface area (Å²) in [6, 6.07) is 8.12. The molecule has 0 bridgehead atoms. The molecule has 1 aromatic carbocycles. The molecular weight excluding hydrogens is 520 g/mol. The molecular formula is C24H33ClN6O5S. The van der Waals surface area contributed by atoms with E-state index < -0.39 is 21.7 Å². The van der Waals surface area contributed by atoms with Gasteiger partial charge < -0.3 is 15.6 Å². The molecule has 1 atom stereocenters. The molecule has 202 valence electrons. The van der Waals surface area contributed by atoms with Gasteiger partial charge in [-0.3, -0.25) is 4.68 Å². The monoisotopic (exact) mass is 552 g/mol. The number of ether oxygens (including phenoxy) is 1. The summed E-state index contributed by atoms with van der Waals surface area (Å²) < 4.78 is 35.3. The number of halogens is 1. The largest absolute Gasteiger partial charge is 0.476 e. The Morgan fingerprint density at radius 1 is 1.19 bits per heavy atom. The van der Waals surface area contributed by atoms with E-state index in [2.05, 4.69) is 40.6 Å². The number of nitrogens with one attached hydrogen (secondary N) is 1. The minimum Gasteiger partial charge on any atom is -0.476 e. The molecule has 4 N–H and O–H groups in total. The first kappa shape index (κ1) is 30.0. The van der Waals surface area contributed by atoms with Crippen molar-refractivity contribution < 1.29 is 23.1 Å². The summed E-state index contributed by atoms with van der Waals surface area (Å²) >= 11 is 0. The van der Waals surface area contributed by atoms with Crippen molar-refractivity contribution in [2.24, 2.45) is 18.2 Å². The smallest absolute Gasteiger partial charge is 0.356 e. The molecule has 0 aliphatic carbocycles. The van der Waals surface area contributed by atoms with Gasteiger partial charge in [0.2, 0.25) is 11.8 Å². The fourth-order valence-corrected chi connectivity index (χ4v) is 5.00. The van der Waals surface area contributed by atoms with Gasteiger partial charge >= 0.3 is 5.97 Å². The van der Waals surface area contributed by atoms with Gasteiger partial charge in [-0.2, -0.15) is 18.5 Å². The van der Waals surface area contributed by atoms with E-state index in [9.17, 15) is 13.2 Å². The molecule has 2 aromatic heterocycles. The van der Waals surface area contributed by atoms with Crippen molar-refractivity contribution in [1.29, 1.82) is 0 Å². The molecule has 13 heteroatoms. The maximum Gasteiger partial charge on any atom is 0.356 e. The van der Waals surface area contributed by atoms with Crippen LogP contribution in [0.25, 0.3) is 11.3 Å². The molecule has 37 heavy (non-hydrogen) atoms. The summed E-state index contributed by atoms with van der Waals surface area (Å²) in [5.74, 6) is -1.42. The van der Waals surface area contributed by atoms with E-state index in [4.69, 9.17) is 15.6 Å². The Labute approximate surface area is 222 Å². The van der Waals surface area contributed by atoms with Crippen molar-refractivity contribution in [2.75, 3.05) is 11.3 Å². The highest BCUT2D eigenvalue weighted by Gasteiger charge is 2.25. The third-order valence-corrected chi connectivity index (χ3v) is 6.70. The summed E-state index contributed by atoms with van der Waals surface area (Å²) in [7, 11) is -2.93. The molecule has 0 radical (unpaired) electrons. The highest BCUT2D eigenvalue weighted by atomic mass is 35.5. The number of anilines is 1. The number of aromatic nitrogens is 4. The molecule has 0 unspecified atom stereocenters. The van der Waals surface area contributed by atoms with Gasteiger partial charge in [0.05, 0.1) is 5.69 Å². The van der Waals surface area contributed by atoms with E-state index in [-0.39, 0.29) is 47.3 Å². The lowest BCUT2D eigenvalue weighted by Gasteiger charge is -2.23. The lowest BCUT2D eigenvalue weighted by Crippen LogP contribution is -2.32. The van der Waals surface area contributed by atoms with Crippen molar-refractivity contribution in [3.8, 4) is 17.1 Å². The average Bonchev–Trinajstić information content (AvgIpc) is 3.14. The summed E-state index contributed by atoms with van der Waals surface area (Å²) in [6.07, 6.45) is 0.716. The van der Waals surface area contributed by atoms with Crippen LogP contribution >= 0.6 is 12.4 Å². The first-order valence-corrected chi connectivity index (χ1v) is 12.8. The minimum atomic E-state index is -4.27. The van der Waals surface area contributed by atoms with Crippen molar-refractivity contribution >= 4 is 34.3 Å². The Bertz CT molecular complexity index is 1360. The zero-order chi connectivity index (χ0) is 26.8. The van der Waals surface area contributed by atoms with Crippen molar-refractivity contribution in [3.63, 3.8) is 0 Å². The number of aryl methyl sites for hydroxylation is 3. The number of hydrogen-bond donors (Lipinski definition) is 3. The van der Waals surface area contributed by atoms with Crippen LogP contribution in [0.15, 0.2) is 35.4 Å². The quantitative estimate of drug-likeness (QED) is 0.360. The minimum absolute atomic E-state index is 0. The molecule has 0 spiro atoms. The molecule has 11 nitrogen and oxygen atoms in total. The Balaban J connectivity index is 0.00000481. The average molecular weight is 553 g/mol. The van der Waals surface area contributed by atoms with E-state index >= 15 is 0 Å². The van der Waals surface area contributed by atoms with Gasteiger partial charge in [0.25, 0.3) is 10.0 Å². The van der Waals surface area contributed by atoms with Gasteiger partial charge in [0.1, 0.15) is 6.61 Å². The van der Waals surface area contributed by atoms with Gasteiger partial charge in [0, 0.05) is 30.8 Å². The number of aromatic carboxylic acids is 1. The van der Waals surface area contributed by atoms with Gasteiger partial charge in [-0.05, 0) is 36.8 Å². The number of sulfonamides is 1. The Kier molecular flexibility index (Phi) is 9.28. The Morgan fingerprint density at radius 2 is 1.81 bits per heavy atom. The second-order valence-electron chi connectivity index (χ2n) is 9.92. The zero-order valence-electron chi connectivity index (χ0n) is 21.6. The van der Waals surface area contributed by atoms with E-state index in [1.165, 1.54) is 7.05 Å². The molecule has 2 heterocycles. The summed E-state index contributed by atoms with van der Waals surface area (Å²) in [4.78, 5) is 19.9. The second-order valence-corrected chi connectivity index (χ2v) is 11.5. The van der Waals surface area contributed by atoms with E-state index in [1.807, 2.05) is 32.0 Å². The Hall–Kier alpha value is -3.22. The SMILES string of the molecule is Cc1cccc(C)c1-c1cc(OC[C@H](N)CC(C)(C)C)nc(NS(=O)(=O)c2cc(C(=O)O)nn2C)n1.Cl. The first-order valence-electron chi connectivity index (χ1n) is 11.3. The fraction of sp³-hybridized carbons (Fsp3) is 0.417. The Morgan fingerprint density at radius 3 is 2.35 bits per heavy atom. The fourth-order valence-electron chi connectivity index (χ4n) is 3.91. The van der Waals surface area contributed by atoms with Gasteiger partial charge in [-0.15, -0.1) is 12.4 Å². The molecule has 0 aliphatic heterocycles. The molecule has 0 aliphatic rings. The van der Waals surface area contributed by atoms with Crippen LogP contribution in [0.5, 0.6) is 5.88 Å². The van der Waals surface area contributed by atoms with Crippen LogP contribution in [-0.2, 0) is 17.1 Å². The summed E-state index contributed by atoms with van der Waals surface area (Å²) in [5.41, 5.74) is 9.00. The number of carbonyl (C=O) groups is 1. The van der Waals surface area contributed by atoms with Crippen molar-refractivity contribution in [2.45, 2.75) is 52.1 Å². The predicted molar refractivity (Wildman–Crippen MR) is 143 cm³/mol. The van der Waals surface area contributed by atoms with Gasteiger partial charge in [0.15, 0.2) is 10.7 Å². The molecule has 0 saturated carbocycles. The highest BCUT2D eigenvalue weighted by molar-refractivity contribution is 7.92. The van der Waals surface area contributed by atoms with Crippen molar-refractivity contribution in [3.05, 3.63) is 47.2 Å². The second kappa shape index (κ2) is 11.4. The predicted octanol–water partition coefficient (Wildman–Crippen LogP) is 3.56. The van der Waals surface area contributed by atoms with Crippen LogP contribution in [0.1, 0.15) is 48.8 Å². The number of rotatable bonds is 9. The maximum absolute atomic E-state index is 13.1. The number of benzene rings is 1. The number of nitrogens with zero attached hydrogens (tertiary/aromatic N) is 4. The normalized spacial score (nSPS) is 12.5. The molecule has 0 fully saturated rings. The lowest BCUT2D eigenvalue weighted by molar-refractivity contribution is 0.0689. The summed E-state index contributed by atoms with van der Waals surface area (Å²) in [5, 5.41) is 12.5. The number of hydrogen-bond acceptors (Lipinski definition) is 8. The maximum atomic E-state index is 13.1. The van der Waals surface area contributed by atoms with Crippen LogP contribution in [-0.4, -0.2) is 51.9 Å². The number of carboxylic acids is 1. The molecule has 3 rings (SSSR count). The first-order chi connectivity index (χ1) is 16.7.